The van der Waals surface area contributed by atoms with Crippen LogP contribution >= 0.6 is 27.5 Å². The third kappa shape index (κ3) is 2.86. The zero-order valence-electron chi connectivity index (χ0n) is 8.70. The number of hydrogen-bond acceptors (Lipinski definition) is 1. The second kappa shape index (κ2) is 5.17. The van der Waals surface area contributed by atoms with Gasteiger partial charge in [-0.3, -0.25) is 0 Å². The highest BCUT2D eigenvalue weighted by atomic mass is 79.9. The van der Waals surface area contributed by atoms with Gasteiger partial charge < -0.3 is 5.11 Å². The van der Waals surface area contributed by atoms with Gasteiger partial charge in [0.15, 0.2) is 0 Å². The normalized spacial score (nSPS) is 12.5. The van der Waals surface area contributed by atoms with Gasteiger partial charge in [0.2, 0.25) is 0 Å². The van der Waals surface area contributed by atoms with Crippen molar-refractivity contribution in [1.29, 1.82) is 0 Å². The average molecular weight is 316 g/mol. The Labute approximate surface area is 112 Å². The van der Waals surface area contributed by atoms with Gasteiger partial charge in [-0.1, -0.05) is 45.7 Å². The summed E-state index contributed by atoms with van der Waals surface area (Å²) in [5.74, 6) is -0.527. The average Bonchev–Trinajstić information content (AvgIpc) is 2.33. The van der Waals surface area contributed by atoms with Crippen molar-refractivity contribution in [2.24, 2.45) is 0 Å². The molecule has 4 heteroatoms. The summed E-state index contributed by atoms with van der Waals surface area (Å²) in [7, 11) is 0. The van der Waals surface area contributed by atoms with Crippen molar-refractivity contribution < 1.29 is 9.50 Å². The van der Waals surface area contributed by atoms with Crippen LogP contribution < -0.4 is 0 Å². The Morgan fingerprint density at radius 1 is 1.06 bits per heavy atom. The van der Waals surface area contributed by atoms with E-state index in [0.717, 1.165) is 4.47 Å². The molecule has 1 unspecified atom stereocenters. The summed E-state index contributed by atoms with van der Waals surface area (Å²) in [6, 6.07) is 11.5. The maximum atomic E-state index is 13.3. The number of hydrogen-bond donors (Lipinski definition) is 1. The molecule has 0 saturated carbocycles. The first-order valence-electron chi connectivity index (χ1n) is 4.96. The first-order valence-corrected chi connectivity index (χ1v) is 6.13. The van der Waals surface area contributed by atoms with Crippen LogP contribution in [0.2, 0.25) is 5.02 Å². The predicted molar refractivity (Wildman–Crippen MR) is 69.6 cm³/mol. The van der Waals surface area contributed by atoms with Crippen molar-refractivity contribution in [3.63, 3.8) is 0 Å². The van der Waals surface area contributed by atoms with E-state index in [1.807, 2.05) is 12.1 Å². The molecule has 0 aromatic heterocycles. The molecule has 0 fully saturated rings. The van der Waals surface area contributed by atoms with E-state index in [4.69, 9.17) is 11.6 Å². The minimum Gasteiger partial charge on any atom is -0.384 e. The molecule has 0 radical (unpaired) electrons. The predicted octanol–water partition coefficient (Wildman–Crippen LogP) is 4.32. The molecule has 1 N–H and O–H groups in total. The summed E-state index contributed by atoms with van der Waals surface area (Å²) in [5, 5.41) is 10.1. The molecule has 1 nitrogen and oxygen atoms in total. The Hall–Kier alpha value is -0.900. The summed E-state index contributed by atoms with van der Waals surface area (Å²) < 4.78 is 14.2. The van der Waals surface area contributed by atoms with Crippen molar-refractivity contribution in [3.05, 3.63) is 68.9 Å². The van der Waals surface area contributed by atoms with Crippen molar-refractivity contribution in [1.82, 2.24) is 0 Å². The van der Waals surface area contributed by atoms with Crippen molar-refractivity contribution >= 4 is 27.5 Å². The molecule has 0 aliphatic carbocycles. The molecule has 0 aliphatic rings. The van der Waals surface area contributed by atoms with Gasteiger partial charge in [-0.2, -0.15) is 0 Å². The van der Waals surface area contributed by atoms with Crippen molar-refractivity contribution in [2.45, 2.75) is 6.10 Å². The third-order valence-corrected chi connectivity index (χ3v) is 3.28. The minimum absolute atomic E-state index is 0.0526. The van der Waals surface area contributed by atoms with Crippen LogP contribution in [0.15, 0.2) is 46.9 Å². The Bertz CT molecular complexity index is 527. The van der Waals surface area contributed by atoms with E-state index in [1.54, 1.807) is 18.2 Å². The van der Waals surface area contributed by atoms with E-state index < -0.39 is 11.9 Å². The SMILES string of the molecule is OC(c1ccc(Br)cc1)c1ccc(Cl)c(F)c1. The molecule has 17 heavy (non-hydrogen) atoms. The van der Waals surface area contributed by atoms with Gasteiger partial charge in [-0.25, -0.2) is 4.39 Å². The lowest BCUT2D eigenvalue weighted by molar-refractivity contribution is 0.220. The number of rotatable bonds is 2. The molecule has 2 aromatic carbocycles. The molecule has 2 rings (SSSR count). The van der Waals surface area contributed by atoms with Gasteiger partial charge >= 0.3 is 0 Å². The quantitative estimate of drug-likeness (QED) is 0.875. The molecule has 0 aliphatic heterocycles. The fourth-order valence-corrected chi connectivity index (χ4v) is 1.90. The smallest absolute Gasteiger partial charge is 0.142 e. The molecule has 1 atom stereocenters. The van der Waals surface area contributed by atoms with Crippen LogP contribution in [0, 0.1) is 5.82 Å². The highest BCUT2D eigenvalue weighted by Crippen LogP contribution is 2.26. The number of halogens is 3. The molecule has 0 saturated heterocycles. The minimum atomic E-state index is -0.852. The van der Waals surface area contributed by atoms with Gasteiger partial charge in [-0.05, 0) is 35.4 Å². The van der Waals surface area contributed by atoms with Gasteiger partial charge in [-0.15, -0.1) is 0 Å². The van der Waals surface area contributed by atoms with E-state index in [1.165, 1.54) is 12.1 Å². The summed E-state index contributed by atoms with van der Waals surface area (Å²) in [6.45, 7) is 0. The lowest BCUT2D eigenvalue weighted by Crippen LogP contribution is -2.00. The van der Waals surface area contributed by atoms with Crippen LogP contribution in [-0.2, 0) is 0 Å². The first-order chi connectivity index (χ1) is 8.08. The van der Waals surface area contributed by atoms with E-state index in [2.05, 4.69) is 15.9 Å². The maximum Gasteiger partial charge on any atom is 0.142 e. The number of aliphatic hydroxyl groups is 1. The molecule has 0 heterocycles. The zero-order valence-corrected chi connectivity index (χ0v) is 11.0. The summed E-state index contributed by atoms with van der Waals surface area (Å²) >= 11 is 8.90. The fraction of sp³-hybridized carbons (Fsp3) is 0.0769. The monoisotopic (exact) mass is 314 g/mol. The Balaban J connectivity index is 2.33. The highest BCUT2D eigenvalue weighted by molar-refractivity contribution is 9.10. The van der Waals surface area contributed by atoms with Crippen molar-refractivity contribution in [2.75, 3.05) is 0 Å². The lowest BCUT2D eigenvalue weighted by atomic mass is 10.0. The Morgan fingerprint density at radius 3 is 2.24 bits per heavy atom. The molecule has 2 aromatic rings. The van der Waals surface area contributed by atoms with Gasteiger partial charge in [0.1, 0.15) is 11.9 Å². The van der Waals surface area contributed by atoms with Crippen molar-refractivity contribution in [3.8, 4) is 0 Å². The molecule has 88 valence electrons. The highest BCUT2D eigenvalue weighted by Gasteiger charge is 2.12. The van der Waals surface area contributed by atoms with E-state index in [-0.39, 0.29) is 5.02 Å². The largest absolute Gasteiger partial charge is 0.384 e. The maximum absolute atomic E-state index is 13.3. The molecule has 0 bridgehead atoms. The Morgan fingerprint density at radius 2 is 1.65 bits per heavy atom. The standard InChI is InChI=1S/C13H9BrClFO/c14-10-4-1-8(2-5-10)13(17)9-3-6-11(15)12(16)7-9/h1-7,13,17H. The second-order valence-electron chi connectivity index (χ2n) is 3.63. The summed E-state index contributed by atoms with van der Waals surface area (Å²) in [6.07, 6.45) is -0.852. The van der Waals surface area contributed by atoms with Gasteiger partial charge in [0.25, 0.3) is 0 Å². The lowest BCUT2D eigenvalue weighted by Gasteiger charge is -2.12. The number of benzene rings is 2. The third-order valence-electron chi connectivity index (χ3n) is 2.45. The molecule has 0 amide bonds. The van der Waals surface area contributed by atoms with Crippen LogP contribution in [0.3, 0.4) is 0 Å². The van der Waals surface area contributed by atoms with Crippen LogP contribution in [-0.4, -0.2) is 5.11 Å². The van der Waals surface area contributed by atoms with E-state index in [9.17, 15) is 9.50 Å². The first kappa shape index (κ1) is 12.6. The van der Waals surface area contributed by atoms with E-state index in [0.29, 0.717) is 11.1 Å². The molecular formula is C13H9BrClFO. The Kier molecular flexibility index (Phi) is 3.82. The molecular weight excluding hydrogens is 306 g/mol. The van der Waals surface area contributed by atoms with E-state index >= 15 is 0 Å². The number of aliphatic hydroxyl groups excluding tert-OH is 1. The molecule has 0 spiro atoms. The van der Waals surface area contributed by atoms with Gasteiger partial charge in [0, 0.05) is 4.47 Å². The van der Waals surface area contributed by atoms with Crippen LogP contribution in [0.4, 0.5) is 4.39 Å². The van der Waals surface area contributed by atoms with Crippen LogP contribution in [0.1, 0.15) is 17.2 Å². The van der Waals surface area contributed by atoms with Crippen LogP contribution in [0.25, 0.3) is 0 Å². The summed E-state index contributed by atoms with van der Waals surface area (Å²) in [5.41, 5.74) is 1.18. The van der Waals surface area contributed by atoms with Gasteiger partial charge in [0.05, 0.1) is 5.02 Å². The van der Waals surface area contributed by atoms with Crippen LogP contribution in [0.5, 0.6) is 0 Å². The summed E-state index contributed by atoms with van der Waals surface area (Å²) in [4.78, 5) is 0. The zero-order chi connectivity index (χ0) is 12.4. The second-order valence-corrected chi connectivity index (χ2v) is 4.95. The topological polar surface area (TPSA) is 20.2 Å². The fourth-order valence-electron chi connectivity index (χ4n) is 1.52.